The Balaban J connectivity index is 3.07. The van der Waals surface area contributed by atoms with Crippen molar-refractivity contribution in [2.24, 2.45) is 0 Å². The number of rotatable bonds is 4. The number of esters is 1. The fourth-order valence-electron chi connectivity index (χ4n) is 1.22. The predicted molar refractivity (Wildman–Crippen MR) is 62.5 cm³/mol. The fourth-order valence-corrected chi connectivity index (χ4v) is 1.62. The fraction of sp³-hybridized carbons (Fsp3) is 0.273. The minimum atomic E-state index is -0.526. The summed E-state index contributed by atoms with van der Waals surface area (Å²) in [6.07, 6.45) is 0.211. The third-order valence-corrected chi connectivity index (χ3v) is 2.37. The molecule has 0 radical (unpaired) electrons. The maximum Gasteiger partial charge on any atom is 0.337 e. The zero-order chi connectivity index (χ0) is 12.1. The third kappa shape index (κ3) is 3.22. The monoisotopic (exact) mass is 260 g/mol. The first-order valence-corrected chi connectivity index (χ1v) is 5.47. The van der Waals surface area contributed by atoms with Gasteiger partial charge in [0.15, 0.2) is 5.78 Å². The summed E-state index contributed by atoms with van der Waals surface area (Å²) in [5.41, 5.74) is 0.626. The van der Waals surface area contributed by atoms with Crippen LogP contribution in [0.2, 0.25) is 5.02 Å². The highest BCUT2D eigenvalue weighted by Crippen LogP contribution is 2.17. The van der Waals surface area contributed by atoms with Crippen molar-refractivity contribution in [1.82, 2.24) is 0 Å². The molecular weight excluding hydrogens is 251 g/mol. The van der Waals surface area contributed by atoms with Gasteiger partial charge in [-0.1, -0.05) is 11.6 Å². The normalized spacial score (nSPS) is 9.94. The standard InChI is InChI=1S/C11H10Cl2O3/c1-16-11(15)8-4-7(5-9(13)6-8)10(14)2-3-12/h4-6H,2-3H2,1H3. The Morgan fingerprint density at radius 1 is 1.25 bits per heavy atom. The van der Waals surface area contributed by atoms with Crippen LogP contribution in [0.25, 0.3) is 0 Å². The first-order valence-electron chi connectivity index (χ1n) is 4.56. The zero-order valence-electron chi connectivity index (χ0n) is 8.63. The second-order valence-corrected chi connectivity index (χ2v) is 3.90. The summed E-state index contributed by atoms with van der Waals surface area (Å²) < 4.78 is 4.55. The molecule has 0 atom stereocenters. The summed E-state index contributed by atoms with van der Waals surface area (Å²) >= 11 is 11.3. The van der Waals surface area contributed by atoms with Gasteiger partial charge in [-0.15, -0.1) is 11.6 Å². The summed E-state index contributed by atoms with van der Waals surface area (Å²) in [5.74, 6) is -0.441. The number of alkyl halides is 1. The van der Waals surface area contributed by atoms with E-state index in [1.165, 1.54) is 25.3 Å². The molecule has 0 amide bonds. The predicted octanol–water partition coefficient (Wildman–Crippen LogP) is 2.94. The second-order valence-electron chi connectivity index (χ2n) is 3.08. The summed E-state index contributed by atoms with van der Waals surface area (Å²) in [6.45, 7) is 0. The van der Waals surface area contributed by atoms with Gasteiger partial charge in [-0.2, -0.15) is 0 Å². The van der Waals surface area contributed by atoms with Crippen molar-refractivity contribution in [1.29, 1.82) is 0 Å². The molecule has 1 rings (SSSR count). The molecule has 16 heavy (non-hydrogen) atoms. The maximum absolute atomic E-state index is 11.6. The number of hydrogen-bond acceptors (Lipinski definition) is 3. The number of ketones is 1. The second kappa shape index (κ2) is 5.87. The number of benzene rings is 1. The molecule has 0 aliphatic heterocycles. The molecule has 0 heterocycles. The Morgan fingerprint density at radius 2 is 1.88 bits per heavy atom. The Hall–Kier alpha value is -1.06. The maximum atomic E-state index is 11.6. The summed E-state index contributed by atoms with van der Waals surface area (Å²) in [4.78, 5) is 22.8. The molecule has 86 valence electrons. The molecule has 0 bridgehead atoms. The molecule has 0 fully saturated rings. The van der Waals surface area contributed by atoms with E-state index in [0.29, 0.717) is 10.6 Å². The smallest absolute Gasteiger partial charge is 0.337 e. The SMILES string of the molecule is COC(=O)c1cc(Cl)cc(C(=O)CCCl)c1. The average Bonchev–Trinajstić information content (AvgIpc) is 2.27. The molecular formula is C11H10Cl2O3. The number of Topliss-reactive ketones (excluding diaryl/α,β-unsaturated/α-hetero) is 1. The molecule has 0 aromatic heterocycles. The molecule has 0 spiro atoms. The lowest BCUT2D eigenvalue weighted by Gasteiger charge is -2.04. The van der Waals surface area contributed by atoms with Crippen LogP contribution in [0.1, 0.15) is 27.1 Å². The zero-order valence-corrected chi connectivity index (χ0v) is 10.1. The van der Waals surface area contributed by atoms with Crippen molar-refractivity contribution < 1.29 is 14.3 Å². The lowest BCUT2D eigenvalue weighted by atomic mass is 10.1. The quantitative estimate of drug-likeness (QED) is 0.475. The van der Waals surface area contributed by atoms with E-state index in [4.69, 9.17) is 23.2 Å². The highest BCUT2D eigenvalue weighted by molar-refractivity contribution is 6.31. The molecule has 0 saturated heterocycles. The van der Waals surface area contributed by atoms with Crippen LogP contribution in [-0.2, 0) is 4.74 Å². The van der Waals surface area contributed by atoms with Gasteiger partial charge in [0, 0.05) is 22.9 Å². The molecule has 0 aliphatic rings. The van der Waals surface area contributed by atoms with Crippen LogP contribution in [0.15, 0.2) is 18.2 Å². The lowest BCUT2D eigenvalue weighted by molar-refractivity contribution is 0.0600. The van der Waals surface area contributed by atoms with Crippen LogP contribution in [0.3, 0.4) is 0 Å². The summed E-state index contributed by atoms with van der Waals surface area (Å²) in [6, 6.07) is 4.40. The first kappa shape index (κ1) is 13.0. The highest BCUT2D eigenvalue weighted by Gasteiger charge is 2.12. The van der Waals surface area contributed by atoms with Crippen molar-refractivity contribution >= 4 is 35.0 Å². The minimum Gasteiger partial charge on any atom is -0.465 e. The molecule has 3 nitrogen and oxygen atoms in total. The molecule has 0 saturated carbocycles. The van der Waals surface area contributed by atoms with Crippen molar-refractivity contribution in [2.45, 2.75) is 6.42 Å². The first-order chi connectivity index (χ1) is 7.58. The molecule has 1 aromatic rings. The van der Waals surface area contributed by atoms with E-state index in [9.17, 15) is 9.59 Å². The van der Waals surface area contributed by atoms with Gasteiger partial charge in [-0.05, 0) is 18.2 Å². The van der Waals surface area contributed by atoms with E-state index >= 15 is 0 Å². The van der Waals surface area contributed by atoms with E-state index in [0.717, 1.165) is 0 Å². The Kier molecular flexibility index (Phi) is 4.77. The van der Waals surface area contributed by atoms with Gasteiger partial charge < -0.3 is 4.74 Å². The van der Waals surface area contributed by atoms with Crippen molar-refractivity contribution in [3.05, 3.63) is 34.3 Å². The number of halogens is 2. The van der Waals surface area contributed by atoms with Gasteiger partial charge >= 0.3 is 5.97 Å². The van der Waals surface area contributed by atoms with Gasteiger partial charge in [0.25, 0.3) is 0 Å². The number of ether oxygens (including phenoxy) is 1. The molecule has 1 aromatic carbocycles. The van der Waals surface area contributed by atoms with E-state index < -0.39 is 5.97 Å². The number of carbonyl (C=O) groups is 2. The Bertz CT molecular complexity index is 416. The van der Waals surface area contributed by atoms with Crippen LogP contribution in [0.5, 0.6) is 0 Å². The van der Waals surface area contributed by atoms with E-state index in [-0.39, 0.29) is 23.6 Å². The van der Waals surface area contributed by atoms with Gasteiger partial charge in [-0.25, -0.2) is 4.79 Å². The topological polar surface area (TPSA) is 43.4 Å². The number of methoxy groups -OCH3 is 1. The van der Waals surface area contributed by atoms with E-state index in [2.05, 4.69) is 4.74 Å². The number of hydrogen-bond donors (Lipinski definition) is 0. The van der Waals surface area contributed by atoms with Crippen molar-refractivity contribution in [3.63, 3.8) is 0 Å². The van der Waals surface area contributed by atoms with E-state index in [1.54, 1.807) is 0 Å². The van der Waals surface area contributed by atoms with Crippen LogP contribution >= 0.6 is 23.2 Å². The van der Waals surface area contributed by atoms with Gasteiger partial charge in [0.05, 0.1) is 12.7 Å². The molecule has 0 N–H and O–H groups in total. The van der Waals surface area contributed by atoms with Crippen molar-refractivity contribution in [2.75, 3.05) is 13.0 Å². The van der Waals surface area contributed by atoms with Crippen LogP contribution in [-0.4, -0.2) is 24.7 Å². The Labute approximate surface area is 103 Å². The Morgan fingerprint density at radius 3 is 2.44 bits per heavy atom. The van der Waals surface area contributed by atoms with Gasteiger partial charge in [-0.3, -0.25) is 4.79 Å². The van der Waals surface area contributed by atoms with Gasteiger partial charge in [0.1, 0.15) is 0 Å². The molecule has 0 unspecified atom stereocenters. The largest absolute Gasteiger partial charge is 0.465 e. The van der Waals surface area contributed by atoms with Crippen molar-refractivity contribution in [3.8, 4) is 0 Å². The summed E-state index contributed by atoms with van der Waals surface area (Å²) in [7, 11) is 1.27. The minimum absolute atomic E-state index is 0.150. The lowest BCUT2D eigenvalue weighted by Crippen LogP contribution is -2.05. The van der Waals surface area contributed by atoms with Crippen LogP contribution in [0.4, 0.5) is 0 Å². The van der Waals surface area contributed by atoms with Gasteiger partial charge in [0.2, 0.25) is 0 Å². The molecule has 0 aliphatic carbocycles. The summed E-state index contributed by atoms with van der Waals surface area (Å²) in [5, 5.41) is 0.320. The number of carbonyl (C=O) groups excluding carboxylic acids is 2. The third-order valence-electron chi connectivity index (χ3n) is 1.96. The highest BCUT2D eigenvalue weighted by atomic mass is 35.5. The van der Waals surface area contributed by atoms with Crippen LogP contribution < -0.4 is 0 Å². The molecule has 5 heteroatoms. The van der Waals surface area contributed by atoms with E-state index in [1.807, 2.05) is 0 Å². The van der Waals surface area contributed by atoms with Crippen LogP contribution in [0, 0.1) is 0 Å². The average molecular weight is 261 g/mol.